The molecule has 0 saturated carbocycles. The van der Waals surface area contributed by atoms with Gasteiger partial charge in [0.1, 0.15) is 6.61 Å². The molecule has 10 heavy (non-hydrogen) atoms. The second kappa shape index (κ2) is 4.36. The molecule has 0 spiro atoms. The van der Waals surface area contributed by atoms with E-state index in [4.69, 9.17) is 10.5 Å². The van der Waals surface area contributed by atoms with Gasteiger partial charge in [-0.2, -0.15) is 0 Å². The third-order valence-electron chi connectivity index (χ3n) is 1.30. The molecular weight excluding hydrogens is 150 g/mol. The van der Waals surface area contributed by atoms with Crippen molar-refractivity contribution in [3.63, 3.8) is 0 Å². The van der Waals surface area contributed by atoms with Crippen LogP contribution in [0.1, 0.15) is 6.92 Å². The maximum Gasteiger partial charge on any atom is 0.106 e. The summed E-state index contributed by atoms with van der Waals surface area (Å²) in [4.78, 5) is 0. The van der Waals surface area contributed by atoms with Crippen molar-refractivity contribution in [2.75, 3.05) is 6.61 Å². The fraction of sp³-hybridized carbons (Fsp3) is 0.429. The van der Waals surface area contributed by atoms with E-state index in [2.05, 4.69) is 0 Å². The number of ether oxygens (including phenoxy) is 1. The van der Waals surface area contributed by atoms with E-state index in [1.165, 1.54) is 0 Å². The van der Waals surface area contributed by atoms with Crippen molar-refractivity contribution >= 4 is 12.4 Å². The third-order valence-corrected chi connectivity index (χ3v) is 1.30. The first-order valence-electron chi connectivity index (χ1n) is 3.04. The van der Waals surface area contributed by atoms with E-state index in [1.807, 2.05) is 19.1 Å². The number of rotatable bonds is 1. The van der Waals surface area contributed by atoms with Gasteiger partial charge in [-0.3, -0.25) is 0 Å². The maximum atomic E-state index is 5.59. The molecule has 0 radical (unpaired) electrons. The molecule has 0 aliphatic carbocycles. The van der Waals surface area contributed by atoms with Crippen LogP contribution in [0.3, 0.4) is 0 Å². The number of hydrogen-bond acceptors (Lipinski definition) is 2. The lowest BCUT2D eigenvalue weighted by molar-refractivity contribution is 0.283. The number of hydrogen-bond donors (Lipinski definition) is 1. The molecule has 0 aromatic rings. The van der Waals surface area contributed by atoms with Gasteiger partial charge in [-0.15, -0.1) is 12.4 Å². The predicted molar refractivity (Wildman–Crippen MR) is 44.1 cm³/mol. The summed E-state index contributed by atoms with van der Waals surface area (Å²) < 4.78 is 4.94. The largest absolute Gasteiger partial charge is 0.497 e. The minimum absolute atomic E-state index is 0. The van der Waals surface area contributed by atoms with E-state index in [1.54, 1.807) is 6.26 Å². The summed E-state index contributed by atoms with van der Waals surface area (Å²) >= 11 is 0. The van der Waals surface area contributed by atoms with Crippen molar-refractivity contribution in [3.8, 4) is 0 Å². The first-order valence-corrected chi connectivity index (χ1v) is 3.04. The first-order chi connectivity index (χ1) is 4.30. The summed E-state index contributed by atoms with van der Waals surface area (Å²) in [6.07, 6.45) is 5.57. The Morgan fingerprint density at radius 3 is 2.70 bits per heavy atom. The van der Waals surface area contributed by atoms with Gasteiger partial charge < -0.3 is 10.5 Å². The molecule has 0 amide bonds. The molecule has 58 valence electrons. The van der Waals surface area contributed by atoms with Crippen LogP contribution in [-0.2, 0) is 4.74 Å². The molecule has 0 aromatic carbocycles. The fourth-order valence-corrected chi connectivity index (χ4v) is 0.732. The Bertz CT molecular complexity index is 152. The molecular formula is C7H12ClNO. The van der Waals surface area contributed by atoms with Crippen LogP contribution in [0.5, 0.6) is 0 Å². The van der Waals surface area contributed by atoms with Crippen LogP contribution in [-0.4, -0.2) is 12.6 Å². The fourth-order valence-electron chi connectivity index (χ4n) is 0.732. The summed E-state index contributed by atoms with van der Waals surface area (Å²) in [5.74, 6) is 0. The van der Waals surface area contributed by atoms with E-state index in [-0.39, 0.29) is 18.4 Å². The Hall–Kier alpha value is -0.470. The highest BCUT2D eigenvalue weighted by Crippen LogP contribution is 2.05. The molecule has 3 heteroatoms. The number of nitrogens with two attached hydrogens (primary N) is 1. The van der Waals surface area contributed by atoms with E-state index >= 15 is 0 Å². The van der Waals surface area contributed by atoms with Gasteiger partial charge in [-0.1, -0.05) is 0 Å². The van der Waals surface area contributed by atoms with E-state index in [0.29, 0.717) is 6.61 Å². The lowest BCUT2D eigenvalue weighted by Gasteiger charge is -2.10. The molecule has 2 nitrogen and oxygen atoms in total. The van der Waals surface area contributed by atoms with Gasteiger partial charge in [0.25, 0.3) is 0 Å². The monoisotopic (exact) mass is 161 g/mol. The van der Waals surface area contributed by atoms with Gasteiger partial charge in [-0.05, 0) is 24.6 Å². The Kier molecular flexibility index (Phi) is 4.16. The summed E-state index contributed by atoms with van der Waals surface area (Å²) in [6.45, 7) is 2.62. The Balaban J connectivity index is 0.000000810. The average molecular weight is 162 g/mol. The second-order valence-corrected chi connectivity index (χ2v) is 2.13. The van der Waals surface area contributed by atoms with Crippen molar-refractivity contribution in [3.05, 3.63) is 24.0 Å². The molecule has 1 atom stereocenters. The van der Waals surface area contributed by atoms with Crippen LogP contribution >= 0.6 is 12.4 Å². The minimum Gasteiger partial charge on any atom is -0.497 e. The topological polar surface area (TPSA) is 35.2 Å². The maximum absolute atomic E-state index is 5.59. The Morgan fingerprint density at radius 2 is 2.40 bits per heavy atom. The Labute approximate surface area is 67.2 Å². The quantitative estimate of drug-likeness (QED) is 0.628. The predicted octanol–water partition coefficient (Wildman–Crippen LogP) is 1.23. The highest BCUT2D eigenvalue weighted by molar-refractivity contribution is 5.85. The molecule has 1 aliphatic heterocycles. The molecule has 2 N–H and O–H groups in total. The Morgan fingerprint density at radius 1 is 1.70 bits per heavy atom. The van der Waals surface area contributed by atoms with Gasteiger partial charge >= 0.3 is 0 Å². The van der Waals surface area contributed by atoms with E-state index in [0.717, 1.165) is 5.57 Å². The number of halogens is 1. The molecule has 0 aromatic heterocycles. The zero-order chi connectivity index (χ0) is 6.69. The summed E-state index contributed by atoms with van der Waals surface area (Å²) in [5, 5.41) is 0. The highest BCUT2D eigenvalue weighted by Gasteiger charge is 2.00. The van der Waals surface area contributed by atoms with E-state index in [9.17, 15) is 0 Å². The van der Waals surface area contributed by atoms with Crippen LogP contribution in [0.25, 0.3) is 0 Å². The van der Waals surface area contributed by atoms with Crippen molar-refractivity contribution in [2.45, 2.75) is 13.0 Å². The zero-order valence-electron chi connectivity index (χ0n) is 5.91. The minimum atomic E-state index is 0. The SMILES string of the molecule is CC(N)C1=CCOC=C1.Cl. The second-order valence-electron chi connectivity index (χ2n) is 2.13. The molecule has 0 fully saturated rings. The van der Waals surface area contributed by atoms with Gasteiger partial charge in [0.05, 0.1) is 6.26 Å². The van der Waals surface area contributed by atoms with Crippen molar-refractivity contribution < 1.29 is 4.74 Å². The van der Waals surface area contributed by atoms with E-state index < -0.39 is 0 Å². The van der Waals surface area contributed by atoms with Gasteiger partial charge in [-0.25, -0.2) is 0 Å². The molecule has 1 aliphatic rings. The van der Waals surface area contributed by atoms with Crippen LogP contribution in [0.15, 0.2) is 24.0 Å². The van der Waals surface area contributed by atoms with Crippen molar-refractivity contribution in [1.29, 1.82) is 0 Å². The summed E-state index contributed by atoms with van der Waals surface area (Å²) in [7, 11) is 0. The molecule has 0 bridgehead atoms. The normalized spacial score (nSPS) is 18.4. The smallest absolute Gasteiger partial charge is 0.106 e. The molecule has 1 rings (SSSR count). The third kappa shape index (κ3) is 2.42. The van der Waals surface area contributed by atoms with Crippen molar-refractivity contribution in [2.24, 2.45) is 5.73 Å². The summed E-state index contributed by atoms with van der Waals surface area (Å²) in [6, 6.07) is 0.130. The van der Waals surface area contributed by atoms with Crippen LogP contribution in [0, 0.1) is 0 Å². The van der Waals surface area contributed by atoms with Gasteiger partial charge in [0.15, 0.2) is 0 Å². The summed E-state index contributed by atoms with van der Waals surface area (Å²) in [5.41, 5.74) is 6.75. The van der Waals surface area contributed by atoms with Crippen LogP contribution in [0.4, 0.5) is 0 Å². The lowest BCUT2D eigenvalue weighted by Crippen LogP contribution is -2.18. The van der Waals surface area contributed by atoms with Crippen LogP contribution < -0.4 is 5.73 Å². The first kappa shape index (κ1) is 9.53. The standard InChI is InChI=1S/C7H11NO.ClH/c1-6(8)7-2-4-9-5-3-7;/h2-4,6H,5,8H2,1H3;1H. The van der Waals surface area contributed by atoms with Crippen LogP contribution in [0.2, 0.25) is 0 Å². The zero-order valence-corrected chi connectivity index (χ0v) is 6.73. The lowest BCUT2D eigenvalue weighted by atomic mass is 10.1. The average Bonchev–Trinajstić information content (AvgIpc) is 1.90. The molecule has 1 heterocycles. The van der Waals surface area contributed by atoms with Gasteiger partial charge in [0, 0.05) is 6.04 Å². The highest BCUT2D eigenvalue weighted by atomic mass is 35.5. The van der Waals surface area contributed by atoms with Gasteiger partial charge in [0.2, 0.25) is 0 Å². The van der Waals surface area contributed by atoms with Crippen molar-refractivity contribution in [1.82, 2.24) is 0 Å². The molecule has 0 saturated heterocycles. The molecule has 1 unspecified atom stereocenters.